The first-order valence-electron chi connectivity index (χ1n) is 10.6. The molecule has 0 aliphatic heterocycles. The minimum atomic E-state index is -0.140. The van der Waals surface area contributed by atoms with Crippen molar-refractivity contribution in [2.75, 3.05) is 53.4 Å². The molecule has 9 heteroatoms. The summed E-state index contributed by atoms with van der Waals surface area (Å²) in [4.78, 5) is 21.9. The number of hydrogen-bond acceptors (Lipinski definition) is 7. The van der Waals surface area contributed by atoms with Gasteiger partial charge in [-0.1, -0.05) is 17.4 Å². The summed E-state index contributed by atoms with van der Waals surface area (Å²) >= 11 is 1.53. The van der Waals surface area contributed by atoms with Crippen LogP contribution >= 0.6 is 23.7 Å². The summed E-state index contributed by atoms with van der Waals surface area (Å²) in [5, 5.41) is 0.695. The van der Waals surface area contributed by atoms with Gasteiger partial charge in [-0.25, -0.2) is 4.98 Å². The lowest BCUT2D eigenvalue weighted by atomic mass is 10.1. The zero-order chi connectivity index (χ0) is 24.1. The lowest BCUT2D eigenvalue weighted by molar-refractivity contribution is -0.114. The number of aryl methyl sites for hydroxylation is 2. The third kappa shape index (κ3) is 6.00. The number of hydrogen-bond donors (Lipinski definition) is 0. The Bertz CT molecular complexity index is 1150. The van der Waals surface area contributed by atoms with Crippen LogP contribution in [0.2, 0.25) is 0 Å². The highest BCUT2D eigenvalue weighted by molar-refractivity contribution is 7.22. The molecule has 1 heterocycles. The maximum absolute atomic E-state index is 13.3. The third-order valence-electron chi connectivity index (χ3n) is 5.45. The Morgan fingerprint density at radius 3 is 2.24 bits per heavy atom. The molecule has 34 heavy (non-hydrogen) atoms. The van der Waals surface area contributed by atoms with Crippen LogP contribution in [0.5, 0.6) is 17.2 Å². The second-order valence-electron chi connectivity index (χ2n) is 7.94. The average molecular weight is 506 g/mol. The maximum atomic E-state index is 13.3. The average Bonchev–Trinajstić information content (AvgIpc) is 3.23. The Hall–Kier alpha value is -2.81. The van der Waals surface area contributed by atoms with E-state index < -0.39 is 0 Å². The number of benzene rings is 2. The van der Waals surface area contributed by atoms with Crippen LogP contribution in [0.4, 0.5) is 5.13 Å². The summed E-state index contributed by atoms with van der Waals surface area (Å²) in [5.74, 6) is 1.44. The number of anilines is 1. The number of likely N-dealkylation sites (N-methyl/N-ethyl adjacent to an activating group) is 1. The van der Waals surface area contributed by atoms with Gasteiger partial charge in [0.1, 0.15) is 0 Å². The summed E-state index contributed by atoms with van der Waals surface area (Å²) in [6.45, 7) is 5.39. The van der Waals surface area contributed by atoms with E-state index in [-0.39, 0.29) is 18.3 Å². The van der Waals surface area contributed by atoms with E-state index in [0.29, 0.717) is 28.9 Å². The molecule has 3 aromatic rings. The van der Waals surface area contributed by atoms with E-state index in [2.05, 4.69) is 26.0 Å². The predicted octanol–water partition coefficient (Wildman–Crippen LogP) is 4.97. The minimum Gasteiger partial charge on any atom is -0.493 e. The number of amides is 1. The predicted molar refractivity (Wildman–Crippen MR) is 142 cm³/mol. The van der Waals surface area contributed by atoms with Crippen LogP contribution in [0.3, 0.4) is 0 Å². The second kappa shape index (κ2) is 12.1. The molecule has 0 aliphatic carbocycles. The van der Waals surface area contributed by atoms with Crippen molar-refractivity contribution in [2.45, 2.75) is 13.8 Å². The number of methoxy groups -OCH3 is 3. The number of thiazole rings is 1. The fourth-order valence-corrected chi connectivity index (χ4v) is 4.44. The molecule has 0 aliphatic rings. The molecule has 0 unspecified atom stereocenters. The summed E-state index contributed by atoms with van der Waals surface area (Å²) in [5.41, 5.74) is 4.04. The quantitative estimate of drug-likeness (QED) is 0.383. The fourth-order valence-electron chi connectivity index (χ4n) is 3.38. The highest BCUT2D eigenvalue weighted by Gasteiger charge is 2.19. The minimum absolute atomic E-state index is 0. The molecule has 3 rings (SSSR count). The summed E-state index contributed by atoms with van der Waals surface area (Å²) in [6.07, 6.45) is 3.30. The second-order valence-corrected chi connectivity index (χ2v) is 8.94. The van der Waals surface area contributed by atoms with Crippen molar-refractivity contribution in [3.8, 4) is 17.2 Å². The first-order valence-corrected chi connectivity index (χ1v) is 11.4. The molecule has 0 saturated carbocycles. The molecule has 0 spiro atoms. The molecule has 1 amide bonds. The summed E-state index contributed by atoms with van der Waals surface area (Å²) in [6, 6.07) is 7.77. The lowest BCUT2D eigenvalue weighted by Crippen LogP contribution is -2.35. The molecule has 0 N–H and O–H groups in total. The van der Waals surface area contributed by atoms with Gasteiger partial charge in [0.15, 0.2) is 16.6 Å². The molecule has 184 valence electrons. The van der Waals surface area contributed by atoms with E-state index in [1.54, 1.807) is 50.5 Å². The van der Waals surface area contributed by atoms with E-state index in [9.17, 15) is 4.79 Å². The smallest absolute Gasteiger partial charge is 0.252 e. The first-order chi connectivity index (χ1) is 15.8. The third-order valence-corrected chi connectivity index (χ3v) is 6.49. The number of nitrogens with zero attached hydrogens (tertiary/aromatic N) is 3. The van der Waals surface area contributed by atoms with Gasteiger partial charge < -0.3 is 19.1 Å². The van der Waals surface area contributed by atoms with Gasteiger partial charge in [0.25, 0.3) is 5.91 Å². The van der Waals surface area contributed by atoms with Crippen LogP contribution in [0.25, 0.3) is 16.3 Å². The van der Waals surface area contributed by atoms with Crippen LogP contribution in [-0.4, -0.2) is 64.3 Å². The lowest BCUT2D eigenvalue weighted by Gasteiger charge is -2.20. The van der Waals surface area contributed by atoms with E-state index >= 15 is 0 Å². The Morgan fingerprint density at radius 2 is 1.68 bits per heavy atom. The number of carbonyl (C=O) groups excluding carboxylic acids is 1. The van der Waals surface area contributed by atoms with Gasteiger partial charge in [-0.15, -0.1) is 12.4 Å². The Balaban J connectivity index is 0.00000408. The summed E-state index contributed by atoms with van der Waals surface area (Å²) in [7, 11) is 8.66. The zero-order valence-electron chi connectivity index (χ0n) is 20.7. The van der Waals surface area contributed by atoms with E-state index in [4.69, 9.17) is 19.2 Å². The number of carbonyl (C=O) groups is 1. The summed E-state index contributed by atoms with van der Waals surface area (Å²) < 4.78 is 17.3. The highest BCUT2D eigenvalue weighted by atomic mass is 35.5. The van der Waals surface area contributed by atoms with Crippen molar-refractivity contribution in [3.05, 3.63) is 47.0 Å². The standard InChI is InChI=1S/C25H31N3O4S.ClH/c1-16-8-10-21-23(17(16)2)26-25(33-21)28(13-12-27(3)4)22(29)11-9-18-14-19(30-5)24(32-7)20(15-18)31-6;/h8-11,14-15H,12-13H2,1-7H3;1H. The molecular formula is C25H32ClN3O4S. The molecule has 1 aromatic heterocycles. The van der Waals surface area contributed by atoms with Crippen LogP contribution in [-0.2, 0) is 4.79 Å². The van der Waals surface area contributed by atoms with Gasteiger partial charge in [0, 0.05) is 19.2 Å². The number of ether oxygens (including phenoxy) is 3. The normalized spacial score (nSPS) is 11.1. The molecule has 0 atom stereocenters. The molecule has 0 radical (unpaired) electrons. The molecular weight excluding hydrogens is 474 g/mol. The Kier molecular flexibility index (Phi) is 9.73. The molecule has 0 bridgehead atoms. The van der Waals surface area contributed by atoms with E-state index in [0.717, 1.165) is 27.9 Å². The molecule has 2 aromatic carbocycles. The van der Waals surface area contributed by atoms with Crippen LogP contribution in [0, 0.1) is 13.8 Å². The van der Waals surface area contributed by atoms with Gasteiger partial charge in [-0.05, 0) is 68.9 Å². The van der Waals surface area contributed by atoms with Crippen LogP contribution < -0.4 is 19.1 Å². The number of rotatable bonds is 9. The van der Waals surface area contributed by atoms with Crippen molar-refractivity contribution in [3.63, 3.8) is 0 Å². The van der Waals surface area contributed by atoms with Crippen LogP contribution in [0.15, 0.2) is 30.3 Å². The number of fused-ring (bicyclic) bond motifs is 1. The van der Waals surface area contributed by atoms with Gasteiger partial charge in [0.2, 0.25) is 5.75 Å². The van der Waals surface area contributed by atoms with Crippen molar-refractivity contribution < 1.29 is 19.0 Å². The Morgan fingerprint density at radius 1 is 1.03 bits per heavy atom. The zero-order valence-corrected chi connectivity index (χ0v) is 22.3. The monoisotopic (exact) mass is 505 g/mol. The van der Waals surface area contributed by atoms with Crippen molar-refractivity contribution >= 4 is 51.1 Å². The topological polar surface area (TPSA) is 64.1 Å². The number of halogens is 1. The first kappa shape index (κ1) is 27.4. The van der Waals surface area contributed by atoms with Crippen molar-refractivity contribution in [2.24, 2.45) is 0 Å². The molecule has 0 fully saturated rings. The van der Waals surface area contributed by atoms with Crippen LogP contribution in [0.1, 0.15) is 16.7 Å². The fraction of sp³-hybridized carbons (Fsp3) is 0.360. The maximum Gasteiger partial charge on any atom is 0.252 e. The van der Waals surface area contributed by atoms with Crippen molar-refractivity contribution in [1.82, 2.24) is 9.88 Å². The van der Waals surface area contributed by atoms with E-state index in [1.807, 2.05) is 19.0 Å². The Labute approximate surface area is 211 Å². The molecule has 7 nitrogen and oxygen atoms in total. The van der Waals surface area contributed by atoms with Crippen molar-refractivity contribution in [1.29, 1.82) is 0 Å². The number of aromatic nitrogens is 1. The highest BCUT2D eigenvalue weighted by Crippen LogP contribution is 2.38. The molecule has 0 saturated heterocycles. The SMILES string of the molecule is COc1cc(C=CC(=O)N(CCN(C)C)c2nc3c(C)c(C)ccc3s2)cc(OC)c1OC.Cl. The van der Waals surface area contributed by atoms with Gasteiger partial charge in [-0.2, -0.15) is 0 Å². The van der Waals surface area contributed by atoms with E-state index in [1.165, 1.54) is 16.9 Å². The van der Waals surface area contributed by atoms with Gasteiger partial charge in [0.05, 0.1) is 31.5 Å². The largest absolute Gasteiger partial charge is 0.493 e. The van der Waals surface area contributed by atoms with Gasteiger partial charge in [-0.3, -0.25) is 9.69 Å². The van der Waals surface area contributed by atoms with Gasteiger partial charge >= 0.3 is 0 Å².